The van der Waals surface area contributed by atoms with Gasteiger partial charge in [0.05, 0.1) is 6.33 Å². The summed E-state index contributed by atoms with van der Waals surface area (Å²) in [7, 11) is 0. The van der Waals surface area contributed by atoms with Crippen molar-refractivity contribution in [1.82, 2.24) is 15.3 Å². The van der Waals surface area contributed by atoms with Crippen molar-refractivity contribution in [3.63, 3.8) is 0 Å². The van der Waals surface area contributed by atoms with Gasteiger partial charge < -0.3 is 10.3 Å². The average Bonchev–Trinajstić information content (AvgIpc) is 3.15. The molecular weight excluding hydrogens is 334 g/mol. The minimum absolute atomic E-state index is 0.0761. The molecule has 1 amide bonds. The second-order valence-electron chi connectivity index (χ2n) is 5.91. The lowest BCUT2D eigenvalue weighted by Gasteiger charge is -2.07. The molecule has 0 bridgehead atoms. The number of halogens is 1. The van der Waals surface area contributed by atoms with E-state index in [2.05, 4.69) is 39.6 Å². The van der Waals surface area contributed by atoms with Gasteiger partial charge in [-0.2, -0.15) is 0 Å². The molecule has 0 unspecified atom stereocenters. The number of nitrogens with zero attached hydrogens (tertiary/aromatic N) is 1. The SMILES string of the molecule is O=C(NCCc1ccc(CCc2cnc[nH]2)cc1)c1ccc(Cl)cc1. The molecule has 0 aliphatic rings. The summed E-state index contributed by atoms with van der Waals surface area (Å²) in [5, 5.41) is 3.56. The summed E-state index contributed by atoms with van der Waals surface area (Å²) in [6.07, 6.45) is 6.31. The number of amides is 1. The average molecular weight is 354 g/mol. The van der Waals surface area contributed by atoms with Crippen LogP contribution in [0.3, 0.4) is 0 Å². The third kappa shape index (κ3) is 5.19. The third-order valence-corrected chi connectivity index (χ3v) is 4.32. The van der Waals surface area contributed by atoms with Crippen LogP contribution in [0.2, 0.25) is 5.02 Å². The maximum Gasteiger partial charge on any atom is 0.251 e. The van der Waals surface area contributed by atoms with Gasteiger partial charge in [0.2, 0.25) is 0 Å². The van der Waals surface area contributed by atoms with E-state index in [1.165, 1.54) is 11.1 Å². The Morgan fingerprint density at radius 2 is 1.64 bits per heavy atom. The van der Waals surface area contributed by atoms with Gasteiger partial charge in [-0.15, -0.1) is 0 Å². The summed E-state index contributed by atoms with van der Waals surface area (Å²) in [6.45, 7) is 0.606. The topological polar surface area (TPSA) is 57.8 Å². The Morgan fingerprint density at radius 3 is 2.28 bits per heavy atom. The number of hydrogen-bond donors (Lipinski definition) is 2. The molecule has 0 aliphatic carbocycles. The summed E-state index contributed by atoms with van der Waals surface area (Å²) in [4.78, 5) is 19.2. The molecule has 0 spiro atoms. The summed E-state index contributed by atoms with van der Waals surface area (Å²) in [5.74, 6) is -0.0761. The zero-order chi connectivity index (χ0) is 17.5. The quantitative estimate of drug-likeness (QED) is 0.678. The van der Waals surface area contributed by atoms with E-state index in [1.807, 2.05) is 6.20 Å². The van der Waals surface area contributed by atoms with Crippen molar-refractivity contribution in [2.24, 2.45) is 0 Å². The number of hydrogen-bond acceptors (Lipinski definition) is 2. The van der Waals surface area contributed by atoms with Crippen LogP contribution in [0.4, 0.5) is 0 Å². The monoisotopic (exact) mass is 353 g/mol. The molecule has 0 saturated heterocycles. The summed E-state index contributed by atoms with van der Waals surface area (Å²) in [5.41, 5.74) is 4.28. The molecule has 0 atom stereocenters. The van der Waals surface area contributed by atoms with Crippen LogP contribution in [0.25, 0.3) is 0 Å². The highest BCUT2D eigenvalue weighted by atomic mass is 35.5. The zero-order valence-corrected chi connectivity index (χ0v) is 14.6. The molecule has 4 nitrogen and oxygen atoms in total. The molecule has 3 aromatic rings. The second kappa shape index (κ2) is 8.49. The molecule has 2 aromatic carbocycles. The zero-order valence-electron chi connectivity index (χ0n) is 13.8. The first-order valence-electron chi connectivity index (χ1n) is 8.29. The summed E-state index contributed by atoms with van der Waals surface area (Å²) in [6, 6.07) is 15.4. The van der Waals surface area contributed by atoms with Gasteiger partial charge in [0.1, 0.15) is 0 Å². The Morgan fingerprint density at radius 1 is 0.960 bits per heavy atom. The number of imidazole rings is 1. The van der Waals surface area contributed by atoms with E-state index in [-0.39, 0.29) is 5.91 Å². The van der Waals surface area contributed by atoms with Crippen LogP contribution < -0.4 is 5.32 Å². The molecule has 3 rings (SSSR count). The summed E-state index contributed by atoms with van der Waals surface area (Å²) >= 11 is 5.83. The number of nitrogens with one attached hydrogen (secondary N) is 2. The van der Waals surface area contributed by atoms with Crippen molar-refractivity contribution < 1.29 is 4.79 Å². The van der Waals surface area contributed by atoms with Crippen LogP contribution >= 0.6 is 11.6 Å². The molecule has 2 N–H and O–H groups in total. The van der Waals surface area contributed by atoms with E-state index >= 15 is 0 Å². The van der Waals surface area contributed by atoms with Gasteiger partial charge in [-0.1, -0.05) is 35.9 Å². The number of carbonyl (C=O) groups excluding carboxylic acids is 1. The van der Waals surface area contributed by atoms with Crippen molar-refractivity contribution >= 4 is 17.5 Å². The fourth-order valence-electron chi connectivity index (χ4n) is 2.60. The van der Waals surface area contributed by atoms with Gasteiger partial charge in [-0.25, -0.2) is 4.98 Å². The lowest BCUT2D eigenvalue weighted by Crippen LogP contribution is -2.25. The van der Waals surface area contributed by atoms with Crippen molar-refractivity contribution in [3.05, 3.63) is 88.5 Å². The molecule has 0 fully saturated rings. The maximum absolute atomic E-state index is 12.0. The first kappa shape index (κ1) is 17.2. The normalized spacial score (nSPS) is 10.6. The van der Waals surface area contributed by atoms with E-state index in [0.29, 0.717) is 17.1 Å². The third-order valence-electron chi connectivity index (χ3n) is 4.07. The Hall–Kier alpha value is -2.59. The Balaban J connectivity index is 1.43. The van der Waals surface area contributed by atoms with E-state index in [1.54, 1.807) is 30.6 Å². The highest BCUT2D eigenvalue weighted by molar-refractivity contribution is 6.30. The van der Waals surface area contributed by atoms with E-state index in [4.69, 9.17) is 11.6 Å². The van der Waals surface area contributed by atoms with Crippen LogP contribution in [0.15, 0.2) is 61.1 Å². The fraction of sp³-hybridized carbons (Fsp3) is 0.200. The first-order chi connectivity index (χ1) is 12.2. The van der Waals surface area contributed by atoms with Crippen LogP contribution in [-0.2, 0) is 19.3 Å². The molecule has 0 saturated carbocycles. The van der Waals surface area contributed by atoms with Crippen molar-refractivity contribution in [3.8, 4) is 0 Å². The first-order valence-corrected chi connectivity index (χ1v) is 8.67. The van der Waals surface area contributed by atoms with Gasteiger partial charge in [0, 0.05) is 29.0 Å². The van der Waals surface area contributed by atoms with Gasteiger partial charge in [-0.05, 0) is 54.7 Å². The highest BCUT2D eigenvalue weighted by Crippen LogP contribution is 2.10. The lowest BCUT2D eigenvalue weighted by molar-refractivity contribution is 0.0954. The molecule has 1 aromatic heterocycles. The molecule has 128 valence electrons. The summed E-state index contributed by atoms with van der Waals surface area (Å²) < 4.78 is 0. The van der Waals surface area contributed by atoms with Crippen LogP contribution in [-0.4, -0.2) is 22.4 Å². The predicted molar refractivity (Wildman–Crippen MR) is 99.9 cm³/mol. The maximum atomic E-state index is 12.0. The fourth-order valence-corrected chi connectivity index (χ4v) is 2.72. The lowest BCUT2D eigenvalue weighted by atomic mass is 10.0. The van der Waals surface area contributed by atoms with Crippen molar-refractivity contribution in [2.75, 3.05) is 6.54 Å². The minimum atomic E-state index is -0.0761. The molecule has 1 heterocycles. The number of carbonyl (C=O) groups is 1. The number of aromatic nitrogens is 2. The molecule has 25 heavy (non-hydrogen) atoms. The van der Waals surface area contributed by atoms with Gasteiger partial charge in [-0.3, -0.25) is 4.79 Å². The Kier molecular flexibility index (Phi) is 5.86. The van der Waals surface area contributed by atoms with Crippen molar-refractivity contribution in [2.45, 2.75) is 19.3 Å². The highest BCUT2D eigenvalue weighted by Gasteiger charge is 2.04. The number of H-pyrrole nitrogens is 1. The molecule has 5 heteroatoms. The predicted octanol–water partition coefficient (Wildman–Crippen LogP) is 3.82. The van der Waals surface area contributed by atoms with Crippen LogP contribution in [0.5, 0.6) is 0 Å². The molecule has 0 radical (unpaired) electrons. The number of aromatic amines is 1. The number of rotatable bonds is 7. The number of benzene rings is 2. The van der Waals surface area contributed by atoms with Crippen LogP contribution in [0.1, 0.15) is 27.2 Å². The van der Waals surface area contributed by atoms with Crippen LogP contribution in [0, 0.1) is 0 Å². The molecular formula is C20H20ClN3O. The van der Waals surface area contributed by atoms with E-state index in [9.17, 15) is 4.79 Å². The second-order valence-corrected chi connectivity index (χ2v) is 6.34. The van der Waals surface area contributed by atoms with Crippen molar-refractivity contribution in [1.29, 1.82) is 0 Å². The largest absolute Gasteiger partial charge is 0.352 e. The van der Waals surface area contributed by atoms with Gasteiger partial charge in [0.25, 0.3) is 5.91 Å². The molecule has 0 aliphatic heterocycles. The smallest absolute Gasteiger partial charge is 0.251 e. The standard InChI is InChI=1S/C20H20ClN3O/c21-18-8-6-17(7-9-18)20(25)23-12-11-16-3-1-15(2-4-16)5-10-19-13-22-14-24-19/h1-4,6-9,13-14H,5,10-12H2,(H,22,24)(H,23,25). The van der Waals surface area contributed by atoms with E-state index < -0.39 is 0 Å². The number of aryl methyl sites for hydroxylation is 2. The van der Waals surface area contributed by atoms with Gasteiger partial charge >= 0.3 is 0 Å². The van der Waals surface area contributed by atoms with Gasteiger partial charge in [0.15, 0.2) is 0 Å². The Bertz CT molecular complexity index is 796. The minimum Gasteiger partial charge on any atom is -0.352 e. The van der Waals surface area contributed by atoms with E-state index in [0.717, 1.165) is 25.0 Å². The Labute approximate surface area is 152 Å².